The molecule has 0 unspecified atom stereocenters. The Balaban J connectivity index is 1.62. The second-order valence-corrected chi connectivity index (χ2v) is 8.35. The van der Waals surface area contributed by atoms with Crippen molar-refractivity contribution in [3.8, 4) is 22.0 Å². The van der Waals surface area contributed by atoms with Crippen LogP contribution in [0.15, 0.2) is 71.3 Å². The molecule has 8 heteroatoms. The smallest absolute Gasteiger partial charge is 0.268 e. The van der Waals surface area contributed by atoms with E-state index in [0.29, 0.717) is 39.1 Å². The van der Waals surface area contributed by atoms with Crippen molar-refractivity contribution in [2.24, 2.45) is 0 Å². The molecule has 162 valence electrons. The highest BCUT2D eigenvalue weighted by Crippen LogP contribution is 2.34. The number of hydrogen-bond acceptors (Lipinski definition) is 5. The number of rotatable bonds is 7. The summed E-state index contributed by atoms with van der Waals surface area (Å²) in [6, 6.07) is 17.9. The van der Waals surface area contributed by atoms with Crippen molar-refractivity contribution in [1.29, 1.82) is 0 Å². The molecule has 2 N–H and O–H groups in total. The summed E-state index contributed by atoms with van der Waals surface area (Å²) in [7, 11) is 0. The Labute approximate surface area is 194 Å². The van der Waals surface area contributed by atoms with Crippen LogP contribution in [0.5, 0.6) is 0 Å². The number of furan rings is 1. The lowest BCUT2D eigenvalue weighted by Crippen LogP contribution is -2.24. The molecule has 0 aliphatic carbocycles. The molecule has 6 nitrogen and oxygen atoms in total. The second-order valence-electron chi connectivity index (χ2n) is 6.94. The Morgan fingerprint density at radius 1 is 1.06 bits per heavy atom. The van der Waals surface area contributed by atoms with Crippen LogP contribution in [0.25, 0.3) is 22.0 Å². The van der Waals surface area contributed by atoms with Crippen molar-refractivity contribution in [3.63, 3.8) is 0 Å². The van der Waals surface area contributed by atoms with E-state index in [1.165, 1.54) is 11.3 Å². The number of hydrogen-bond donors (Lipinski definition) is 2. The molecule has 0 fully saturated rings. The normalized spacial score (nSPS) is 10.7. The van der Waals surface area contributed by atoms with E-state index in [1.807, 2.05) is 37.3 Å². The highest BCUT2D eigenvalue weighted by atomic mass is 35.5. The van der Waals surface area contributed by atoms with Gasteiger partial charge in [-0.3, -0.25) is 9.59 Å². The lowest BCUT2D eigenvalue weighted by atomic mass is 10.1. The maximum absolute atomic E-state index is 13.2. The van der Waals surface area contributed by atoms with Crippen LogP contribution in [0.1, 0.15) is 33.4 Å². The topological polar surface area (TPSA) is 84.2 Å². The first-order chi connectivity index (χ1) is 15.6. The molecule has 32 heavy (non-hydrogen) atoms. The molecule has 0 radical (unpaired) electrons. The number of thiazole rings is 1. The fourth-order valence-electron chi connectivity index (χ4n) is 3.07. The van der Waals surface area contributed by atoms with Gasteiger partial charge in [-0.2, -0.15) is 0 Å². The molecule has 2 aromatic carbocycles. The number of halogens is 1. The number of aromatic nitrogens is 1. The van der Waals surface area contributed by atoms with E-state index < -0.39 is 0 Å². The van der Waals surface area contributed by atoms with Gasteiger partial charge in [0, 0.05) is 17.8 Å². The number of carbonyl (C=O) groups excluding carboxylic acids is 2. The van der Waals surface area contributed by atoms with E-state index >= 15 is 0 Å². The molecule has 0 saturated carbocycles. The van der Waals surface area contributed by atoms with Crippen LogP contribution in [0.4, 0.5) is 5.69 Å². The Hall–Kier alpha value is -3.42. The zero-order valence-electron chi connectivity index (χ0n) is 17.2. The van der Waals surface area contributed by atoms with Crippen molar-refractivity contribution in [2.45, 2.75) is 13.3 Å². The van der Waals surface area contributed by atoms with Crippen LogP contribution >= 0.6 is 22.9 Å². The second kappa shape index (κ2) is 9.80. The standard InChI is InChI=1S/C24H20ClN3O3S/c1-2-12-26-22(29)17-11-10-16(14-18(17)25)27-23(30)21-20(15-7-4-3-5-8-15)28-24(32-21)19-9-6-13-31-19/h3-11,13-14H,2,12H2,1H3,(H,26,29)(H,27,30). The number of benzene rings is 2. The minimum Gasteiger partial charge on any atom is -0.462 e. The third kappa shape index (κ3) is 4.74. The van der Waals surface area contributed by atoms with E-state index in [9.17, 15) is 9.59 Å². The largest absolute Gasteiger partial charge is 0.462 e. The summed E-state index contributed by atoms with van der Waals surface area (Å²) in [5, 5.41) is 6.53. The molecule has 4 aromatic rings. The first-order valence-corrected chi connectivity index (χ1v) is 11.3. The van der Waals surface area contributed by atoms with Crippen LogP contribution in [0.2, 0.25) is 5.02 Å². The zero-order chi connectivity index (χ0) is 22.5. The molecular formula is C24H20ClN3O3S. The summed E-state index contributed by atoms with van der Waals surface area (Å²) in [6.45, 7) is 2.54. The molecular weight excluding hydrogens is 446 g/mol. The lowest BCUT2D eigenvalue weighted by Gasteiger charge is -2.09. The molecule has 0 atom stereocenters. The molecule has 2 heterocycles. The number of nitrogens with zero attached hydrogens (tertiary/aromatic N) is 1. The van der Waals surface area contributed by atoms with E-state index in [4.69, 9.17) is 16.0 Å². The molecule has 0 aliphatic heterocycles. The maximum Gasteiger partial charge on any atom is 0.268 e. The van der Waals surface area contributed by atoms with Crippen molar-refractivity contribution in [1.82, 2.24) is 10.3 Å². The van der Waals surface area contributed by atoms with Crippen LogP contribution in [0, 0.1) is 0 Å². The monoisotopic (exact) mass is 465 g/mol. The number of carbonyl (C=O) groups is 2. The Morgan fingerprint density at radius 3 is 2.56 bits per heavy atom. The predicted octanol–water partition coefficient (Wildman–Crippen LogP) is 6.12. The van der Waals surface area contributed by atoms with E-state index in [0.717, 1.165) is 12.0 Å². The lowest BCUT2D eigenvalue weighted by molar-refractivity contribution is 0.0953. The fraction of sp³-hybridized carbons (Fsp3) is 0.125. The summed E-state index contributed by atoms with van der Waals surface area (Å²) in [5.74, 6) is 0.0294. The molecule has 2 aromatic heterocycles. The van der Waals surface area contributed by atoms with Crippen molar-refractivity contribution in [3.05, 3.63) is 82.4 Å². The summed E-state index contributed by atoms with van der Waals surface area (Å²) in [4.78, 5) is 30.5. The van der Waals surface area contributed by atoms with E-state index in [1.54, 1.807) is 36.6 Å². The van der Waals surface area contributed by atoms with Crippen LogP contribution in [0.3, 0.4) is 0 Å². The minimum absolute atomic E-state index is 0.244. The van der Waals surface area contributed by atoms with Gasteiger partial charge in [-0.1, -0.05) is 48.9 Å². The molecule has 0 spiro atoms. The average molecular weight is 466 g/mol. The molecule has 0 bridgehead atoms. The van der Waals surface area contributed by atoms with Gasteiger partial charge in [-0.25, -0.2) is 4.98 Å². The minimum atomic E-state index is -0.321. The first-order valence-electron chi connectivity index (χ1n) is 10.1. The predicted molar refractivity (Wildman–Crippen MR) is 127 cm³/mol. The van der Waals surface area contributed by atoms with Gasteiger partial charge in [-0.05, 0) is 36.8 Å². The molecule has 2 amide bonds. The van der Waals surface area contributed by atoms with Gasteiger partial charge in [0.2, 0.25) is 0 Å². The Morgan fingerprint density at radius 2 is 1.88 bits per heavy atom. The van der Waals surface area contributed by atoms with Crippen molar-refractivity contribution >= 4 is 40.4 Å². The van der Waals surface area contributed by atoms with E-state index in [-0.39, 0.29) is 16.8 Å². The van der Waals surface area contributed by atoms with Crippen LogP contribution < -0.4 is 10.6 Å². The fourth-order valence-corrected chi connectivity index (χ4v) is 4.29. The van der Waals surface area contributed by atoms with Gasteiger partial charge in [0.05, 0.1) is 22.5 Å². The SMILES string of the molecule is CCCNC(=O)c1ccc(NC(=O)c2sc(-c3ccco3)nc2-c2ccccc2)cc1Cl. The summed E-state index contributed by atoms with van der Waals surface area (Å²) >= 11 is 7.54. The van der Waals surface area contributed by atoms with Crippen molar-refractivity contribution < 1.29 is 14.0 Å². The number of amides is 2. The molecule has 0 saturated heterocycles. The van der Waals surface area contributed by atoms with Gasteiger partial charge in [-0.15, -0.1) is 11.3 Å². The first kappa shape index (κ1) is 21.8. The highest BCUT2D eigenvalue weighted by molar-refractivity contribution is 7.17. The summed E-state index contributed by atoms with van der Waals surface area (Å²) < 4.78 is 5.46. The van der Waals surface area contributed by atoms with Crippen molar-refractivity contribution in [2.75, 3.05) is 11.9 Å². The molecule has 4 rings (SSSR count). The average Bonchev–Trinajstić information content (AvgIpc) is 3.48. The van der Waals surface area contributed by atoms with Crippen LogP contribution in [-0.2, 0) is 0 Å². The van der Waals surface area contributed by atoms with Gasteiger partial charge in [0.25, 0.3) is 11.8 Å². The van der Waals surface area contributed by atoms with Gasteiger partial charge >= 0.3 is 0 Å². The van der Waals surface area contributed by atoms with Gasteiger partial charge < -0.3 is 15.1 Å². The van der Waals surface area contributed by atoms with Crippen LogP contribution in [-0.4, -0.2) is 23.3 Å². The Bertz CT molecular complexity index is 1240. The Kier molecular flexibility index (Phi) is 6.68. The highest BCUT2D eigenvalue weighted by Gasteiger charge is 2.22. The quantitative estimate of drug-likeness (QED) is 0.344. The van der Waals surface area contributed by atoms with E-state index in [2.05, 4.69) is 15.6 Å². The molecule has 0 aliphatic rings. The number of anilines is 1. The van der Waals surface area contributed by atoms with Gasteiger partial charge in [0.1, 0.15) is 4.88 Å². The maximum atomic E-state index is 13.2. The number of nitrogens with one attached hydrogen (secondary N) is 2. The zero-order valence-corrected chi connectivity index (χ0v) is 18.8. The third-order valence-electron chi connectivity index (χ3n) is 4.62. The van der Waals surface area contributed by atoms with Gasteiger partial charge in [0.15, 0.2) is 10.8 Å². The summed E-state index contributed by atoms with van der Waals surface area (Å²) in [6.07, 6.45) is 2.40. The third-order valence-corrected chi connectivity index (χ3v) is 6.00. The summed E-state index contributed by atoms with van der Waals surface area (Å²) in [5.41, 5.74) is 2.24.